The van der Waals surface area contributed by atoms with Gasteiger partial charge >= 0.3 is 0 Å². The van der Waals surface area contributed by atoms with E-state index in [1.165, 1.54) is 0 Å². The summed E-state index contributed by atoms with van der Waals surface area (Å²) >= 11 is 1.71. The van der Waals surface area contributed by atoms with Crippen molar-refractivity contribution in [3.05, 3.63) is 47.5 Å². The highest BCUT2D eigenvalue weighted by Gasteiger charge is 2.11. The molecule has 0 radical (unpaired) electrons. The Hall–Kier alpha value is -0.930. The van der Waals surface area contributed by atoms with Gasteiger partial charge in [0, 0.05) is 11.8 Å². The lowest BCUT2D eigenvalue weighted by Gasteiger charge is -2.12. The summed E-state index contributed by atoms with van der Waals surface area (Å²) in [7, 11) is 0. The zero-order valence-electron chi connectivity index (χ0n) is 8.13. The summed E-state index contributed by atoms with van der Waals surface area (Å²) < 4.78 is 0. The third-order valence-corrected chi connectivity index (χ3v) is 2.85. The molecule has 1 aliphatic heterocycles. The molecule has 0 spiro atoms. The van der Waals surface area contributed by atoms with Crippen molar-refractivity contribution < 1.29 is 4.79 Å². The van der Waals surface area contributed by atoms with Crippen LogP contribution in [0, 0.1) is 0 Å². The largest absolute Gasteiger partial charge is 0.360 e. The number of hydrogen-bond acceptors (Lipinski definition) is 3. The molecule has 0 unspecified atom stereocenters. The van der Waals surface area contributed by atoms with Gasteiger partial charge in [0.05, 0.1) is 12.4 Å². The lowest BCUT2D eigenvalue weighted by atomic mass is 10.1. The van der Waals surface area contributed by atoms with Crippen LogP contribution in [0.1, 0.15) is 10.4 Å². The summed E-state index contributed by atoms with van der Waals surface area (Å²) in [6.07, 6.45) is 1.96. The van der Waals surface area contributed by atoms with Gasteiger partial charge < -0.3 is 4.90 Å². The Bertz CT molecular complexity index is 353. The lowest BCUT2D eigenvalue weighted by Crippen LogP contribution is -2.22. The van der Waals surface area contributed by atoms with E-state index in [0.29, 0.717) is 6.54 Å². The standard InChI is InChI=1S/C11H11NOS.ClH/c13-11(8-12-6-7-14-9-12)10-4-2-1-3-5-10;/h1-7H,8-9H2;1H. The molecular weight excluding hydrogens is 230 g/mol. The van der Waals surface area contributed by atoms with Crippen molar-refractivity contribution in [1.29, 1.82) is 0 Å². The fourth-order valence-electron chi connectivity index (χ4n) is 1.31. The minimum Gasteiger partial charge on any atom is -0.360 e. The first-order valence-electron chi connectivity index (χ1n) is 4.47. The number of carbonyl (C=O) groups excluding carboxylic acids is 1. The molecule has 0 N–H and O–H groups in total. The number of ketones is 1. The van der Waals surface area contributed by atoms with Gasteiger partial charge in [0.15, 0.2) is 5.78 Å². The molecule has 0 atom stereocenters. The minimum absolute atomic E-state index is 0. The zero-order valence-corrected chi connectivity index (χ0v) is 9.76. The fourth-order valence-corrected chi connectivity index (χ4v) is 2.02. The summed E-state index contributed by atoms with van der Waals surface area (Å²) in [5, 5.41) is 2.01. The van der Waals surface area contributed by atoms with Crippen LogP contribution < -0.4 is 0 Å². The maximum atomic E-state index is 11.7. The predicted molar refractivity (Wildman–Crippen MR) is 66.3 cm³/mol. The van der Waals surface area contributed by atoms with Crippen molar-refractivity contribution >= 4 is 30.0 Å². The monoisotopic (exact) mass is 241 g/mol. The number of Topliss-reactive ketones (excluding diaryl/α,β-unsaturated/α-hetero) is 1. The maximum Gasteiger partial charge on any atom is 0.182 e. The highest BCUT2D eigenvalue weighted by molar-refractivity contribution is 8.02. The van der Waals surface area contributed by atoms with Crippen molar-refractivity contribution in [2.45, 2.75) is 0 Å². The van der Waals surface area contributed by atoms with Crippen LogP contribution in [0.25, 0.3) is 0 Å². The number of carbonyl (C=O) groups is 1. The minimum atomic E-state index is 0. The second kappa shape index (κ2) is 5.83. The first-order chi connectivity index (χ1) is 6.86. The summed E-state index contributed by atoms with van der Waals surface area (Å²) in [6.45, 7) is 0.480. The van der Waals surface area contributed by atoms with Crippen molar-refractivity contribution in [2.24, 2.45) is 0 Å². The smallest absolute Gasteiger partial charge is 0.182 e. The van der Waals surface area contributed by atoms with Gasteiger partial charge in [-0.1, -0.05) is 30.3 Å². The molecule has 0 saturated heterocycles. The molecule has 2 rings (SSSR count). The number of benzene rings is 1. The van der Waals surface area contributed by atoms with Gasteiger partial charge in [0.2, 0.25) is 0 Å². The van der Waals surface area contributed by atoms with Gasteiger partial charge in [-0.15, -0.1) is 24.2 Å². The number of nitrogens with zero attached hydrogens (tertiary/aromatic N) is 1. The summed E-state index contributed by atoms with van der Waals surface area (Å²) in [6, 6.07) is 9.41. The molecule has 0 aliphatic carbocycles. The quantitative estimate of drug-likeness (QED) is 0.759. The number of hydrogen-bond donors (Lipinski definition) is 0. The van der Waals surface area contributed by atoms with Crippen molar-refractivity contribution in [3.8, 4) is 0 Å². The molecule has 1 heterocycles. The van der Waals surface area contributed by atoms with Gasteiger partial charge in [-0.05, 0) is 5.41 Å². The second-order valence-electron chi connectivity index (χ2n) is 3.12. The Morgan fingerprint density at radius 2 is 2.07 bits per heavy atom. The van der Waals surface area contributed by atoms with Crippen LogP contribution in [0.2, 0.25) is 0 Å². The van der Waals surface area contributed by atoms with Crippen LogP contribution in [0.15, 0.2) is 41.9 Å². The molecule has 1 aromatic carbocycles. The maximum absolute atomic E-state index is 11.7. The highest BCUT2D eigenvalue weighted by Crippen LogP contribution is 2.15. The summed E-state index contributed by atoms with van der Waals surface area (Å²) in [5.74, 6) is 1.07. The van der Waals surface area contributed by atoms with Crippen LogP contribution >= 0.6 is 24.2 Å². The van der Waals surface area contributed by atoms with Crippen molar-refractivity contribution in [1.82, 2.24) is 4.90 Å². The lowest BCUT2D eigenvalue weighted by molar-refractivity contribution is 0.0963. The van der Waals surface area contributed by atoms with E-state index < -0.39 is 0 Å². The Balaban J connectivity index is 0.00000112. The van der Waals surface area contributed by atoms with E-state index in [4.69, 9.17) is 0 Å². The molecule has 0 amide bonds. The molecule has 0 saturated carbocycles. The van der Waals surface area contributed by atoms with E-state index in [-0.39, 0.29) is 18.2 Å². The molecule has 80 valence electrons. The molecule has 2 nitrogen and oxygen atoms in total. The van der Waals surface area contributed by atoms with E-state index in [9.17, 15) is 4.79 Å². The van der Waals surface area contributed by atoms with Crippen molar-refractivity contribution in [3.63, 3.8) is 0 Å². The van der Waals surface area contributed by atoms with E-state index in [0.717, 1.165) is 11.4 Å². The molecule has 15 heavy (non-hydrogen) atoms. The van der Waals surface area contributed by atoms with Crippen LogP contribution in [0.3, 0.4) is 0 Å². The second-order valence-corrected chi connectivity index (χ2v) is 3.98. The Kier molecular flexibility index (Phi) is 4.72. The summed E-state index contributed by atoms with van der Waals surface area (Å²) in [4.78, 5) is 13.7. The van der Waals surface area contributed by atoms with E-state index in [2.05, 4.69) is 0 Å². The third-order valence-electron chi connectivity index (χ3n) is 2.05. The molecule has 1 aliphatic rings. The number of thioether (sulfide) groups is 1. The average Bonchev–Trinajstić information content (AvgIpc) is 2.72. The Labute approximate surface area is 99.8 Å². The molecule has 0 aromatic heterocycles. The topological polar surface area (TPSA) is 20.3 Å². The molecular formula is C11H12ClNOS. The summed E-state index contributed by atoms with van der Waals surface area (Å²) in [5.41, 5.74) is 0.790. The fraction of sp³-hybridized carbons (Fsp3) is 0.182. The van der Waals surface area contributed by atoms with E-state index in [1.54, 1.807) is 11.8 Å². The predicted octanol–water partition coefficient (Wildman–Crippen LogP) is 2.77. The van der Waals surface area contributed by atoms with Gasteiger partial charge in [-0.25, -0.2) is 0 Å². The molecule has 4 heteroatoms. The van der Waals surface area contributed by atoms with Gasteiger partial charge in [0.25, 0.3) is 0 Å². The van der Waals surface area contributed by atoms with Gasteiger partial charge in [0.1, 0.15) is 0 Å². The van der Waals surface area contributed by atoms with Crippen molar-refractivity contribution in [2.75, 3.05) is 12.4 Å². The Morgan fingerprint density at radius 3 is 2.67 bits per heavy atom. The number of halogens is 1. The molecule has 0 bridgehead atoms. The van der Waals surface area contributed by atoms with Gasteiger partial charge in [-0.3, -0.25) is 4.79 Å². The van der Waals surface area contributed by atoms with E-state index in [1.807, 2.05) is 46.8 Å². The van der Waals surface area contributed by atoms with Gasteiger partial charge in [-0.2, -0.15) is 0 Å². The van der Waals surface area contributed by atoms with Crippen LogP contribution in [-0.2, 0) is 0 Å². The van der Waals surface area contributed by atoms with Crippen LogP contribution in [0.5, 0.6) is 0 Å². The first kappa shape index (κ1) is 12.1. The number of rotatable bonds is 3. The molecule has 0 fully saturated rings. The van der Waals surface area contributed by atoms with Crippen LogP contribution in [0.4, 0.5) is 0 Å². The molecule has 1 aromatic rings. The third kappa shape index (κ3) is 3.29. The van der Waals surface area contributed by atoms with Crippen LogP contribution in [-0.4, -0.2) is 23.1 Å². The zero-order chi connectivity index (χ0) is 9.80. The normalized spacial score (nSPS) is 13.7. The van der Waals surface area contributed by atoms with E-state index >= 15 is 0 Å². The highest BCUT2D eigenvalue weighted by atomic mass is 35.5. The Morgan fingerprint density at radius 1 is 1.33 bits per heavy atom. The SMILES string of the molecule is Cl.O=C(CN1C=CSC1)c1ccccc1. The average molecular weight is 242 g/mol. The first-order valence-corrected chi connectivity index (χ1v) is 5.52.